The summed E-state index contributed by atoms with van der Waals surface area (Å²) in [5.41, 5.74) is 1.21. The Labute approximate surface area is 77.4 Å². The summed E-state index contributed by atoms with van der Waals surface area (Å²) in [6, 6.07) is 2.06. The molecule has 0 saturated carbocycles. The number of carbonyl (C=O) groups excluding carboxylic acids is 1. The molecule has 1 heterocycles. The van der Waals surface area contributed by atoms with E-state index in [0.29, 0.717) is 5.92 Å². The summed E-state index contributed by atoms with van der Waals surface area (Å²) in [7, 11) is 0. The quantitative estimate of drug-likeness (QED) is 0.656. The van der Waals surface area contributed by atoms with Gasteiger partial charge in [-0.15, -0.1) is 11.3 Å². The van der Waals surface area contributed by atoms with E-state index in [0.717, 1.165) is 11.3 Å². The Kier molecular flexibility index (Phi) is 3.04. The van der Waals surface area contributed by atoms with Crippen LogP contribution in [0.1, 0.15) is 36.0 Å². The number of hydrogen-bond donors (Lipinski definition) is 0. The lowest BCUT2D eigenvalue weighted by molar-refractivity contribution is 0.102. The maximum absolute atomic E-state index is 11.1. The zero-order chi connectivity index (χ0) is 9.14. The smallest absolute Gasteiger partial charge is 0.169 e. The molecular formula is C10H14OS. The lowest BCUT2D eigenvalue weighted by Gasteiger charge is -2.03. The van der Waals surface area contributed by atoms with Crippen molar-refractivity contribution in [2.75, 3.05) is 0 Å². The molecule has 0 fully saturated rings. The second kappa shape index (κ2) is 3.85. The van der Waals surface area contributed by atoms with Gasteiger partial charge >= 0.3 is 0 Å². The van der Waals surface area contributed by atoms with Crippen molar-refractivity contribution in [1.82, 2.24) is 0 Å². The van der Waals surface area contributed by atoms with Gasteiger partial charge in [-0.05, 0) is 36.3 Å². The van der Waals surface area contributed by atoms with E-state index < -0.39 is 0 Å². The van der Waals surface area contributed by atoms with Gasteiger partial charge in [0.2, 0.25) is 0 Å². The molecule has 0 saturated heterocycles. The first-order valence-electron chi connectivity index (χ1n) is 4.18. The number of thiophene rings is 1. The van der Waals surface area contributed by atoms with Crippen LogP contribution in [-0.4, -0.2) is 5.78 Å². The minimum absolute atomic E-state index is 0.195. The van der Waals surface area contributed by atoms with Crippen molar-refractivity contribution in [3.05, 3.63) is 21.9 Å². The molecule has 2 heteroatoms. The summed E-state index contributed by atoms with van der Waals surface area (Å²) >= 11 is 1.55. The molecule has 1 nitrogen and oxygen atoms in total. The molecule has 1 aromatic heterocycles. The van der Waals surface area contributed by atoms with Gasteiger partial charge in [-0.3, -0.25) is 4.79 Å². The van der Waals surface area contributed by atoms with Crippen molar-refractivity contribution in [1.29, 1.82) is 0 Å². The second-order valence-corrected chi connectivity index (χ2v) is 4.35. The van der Waals surface area contributed by atoms with Gasteiger partial charge in [0.15, 0.2) is 5.78 Å². The molecule has 12 heavy (non-hydrogen) atoms. The van der Waals surface area contributed by atoms with E-state index in [4.69, 9.17) is 0 Å². The molecule has 1 aromatic rings. The molecule has 0 atom stereocenters. The van der Waals surface area contributed by atoms with Crippen molar-refractivity contribution in [3.63, 3.8) is 0 Å². The fourth-order valence-corrected chi connectivity index (χ4v) is 2.08. The summed E-state index contributed by atoms with van der Waals surface area (Å²) in [5.74, 6) is 0.818. The number of Topliss-reactive ketones (excluding diaryl/α,β-unsaturated/α-hetero) is 1. The molecule has 66 valence electrons. The standard InChI is InChI=1S/C10H14OS/c1-7(2)6-9-4-5-12-10(9)8(3)11/h4-5,7H,6H2,1-3H3. The normalized spacial score (nSPS) is 10.7. The highest BCUT2D eigenvalue weighted by atomic mass is 32.1. The van der Waals surface area contributed by atoms with E-state index in [1.165, 1.54) is 5.56 Å². The molecular weight excluding hydrogens is 168 g/mol. The molecule has 0 amide bonds. The number of hydrogen-bond acceptors (Lipinski definition) is 2. The van der Waals surface area contributed by atoms with Gasteiger partial charge in [-0.2, -0.15) is 0 Å². The summed E-state index contributed by atoms with van der Waals surface area (Å²) in [6.45, 7) is 5.97. The first kappa shape index (κ1) is 9.46. The Hall–Kier alpha value is -0.630. The Morgan fingerprint density at radius 3 is 2.75 bits per heavy atom. The Morgan fingerprint density at radius 1 is 1.58 bits per heavy atom. The van der Waals surface area contributed by atoms with Crippen LogP contribution in [0.5, 0.6) is 0 Å². The molecule has 0 spiro atoms. The van der Waals surface area contributed by atoms with Crippen LogP contribution in [0.15, 0.2) is 11.4 Å². The van der Waals surface area contributed by atoms with Crippen molar-refractivity contribution >= 4 is 17.1 Å². The highest BCUT2D eigenvalue weighted by Crippen LogP contribution is 2.20. The maximum Gasteiger partial charge on any atom is 0.169 e. The topological polar surface area (TPSA) is 17.1 Å². The van der Waals surface area contributed by atoms with Gasteiger partial charge in [0.25, 0.3) is 0 Å². The summed E-state index contributed by atoms with van der Waals surface area (Å²) in [4.78, 5) is 12.1. The highest BCUT2D eigenvalue weighted by molar-refractivity contribution is 7.12. The molecule has 0 aliphatic rings. The molecule has 0 radical (unpaired) electrons. The van der Waals surface area contributed by atoms with E-state index in [2.05, 4.69) is 19.9 Å². The van der Waals surface area contributed by atoms with E-state index in [9.17, 15) is 4.79 Å². The summed E-state index contributed by atoms with van der Waals surface area (Å²) in [6.07, 6.45) is 1.01. The fraction of sp³-hybridized carbons (Fsp3) is 0.500. The van der Waals surface area contributed by atoms with Gasteiger partial charge in [0.1, 0.15) is 0 Å². The van der Waals surface area contributed by atoms with E-state index in [1.54, 1.807) is 18.3 Å². The second-order valence-electron chi connectivity index (χ2n) is 3.43. The first-order chi connectivity index (χ1) is 5.61. The molecule has 0 unspecified atom stereocenters. The summed E-state index contributed by atoms with van der Waals surface area (Å²) in [5, 5.41) is 1.99. The zero-order valence-corrected chi connectivity index (χ0v) is 8.57. The Morgan fingerprint density at radius 2 is 2.25 bits per heavy atom. The van der Waals surface area contributed by atoms with Crippen molar-refractivity contribution in [2.24, 2.45) is 5.92 Å². The first-order valence-corrected chi connectivity index (χ1v) is 5.06. The maximum atomic E-state index is 11.1. The lowest BCUT2D eigenvalue weighted by Crippen LogP contribution is -1.98. The Balaban J connectivity index is 2.84. The molecule has 0 aliphatic heterocycles. The minimum Gasteiger partial charge on any atom is -0.294 e. The molecule has 0 aliphatic carbocycles. The third-order valence-corrected chi connectivity index (χ3v) is 2.75. The lowest BCUT2D eigenvalue weighted by atomic mass is 10.0. The monoisotopic (exact) mass is 182 g/mol. The predicted octanol–water partition coefficient (Wildman–Crippen LogP) is 3.15. The predicted molar refractivity (Wildman–Crippen MR) is 52.9 cm³/mol. The molecule has 1 rings (SSSR count). The van der Waals surface area contributed by atoms with Crippen LogP contribution >= 0.6 is 11.3 Å². The van der Waals surface area contributed by atoms with Crippen LogP contribution in [0.2, 0.25) is 0 Å². The van der Waals surface area contributed by atoms with Crippen LogP contribution in [0.25, 0.3) is 0 Å². The van der Waals surface area contributed by atoms with Gasteiger partial charge in [-0.1, -0.05) is 13.8 Å². The number of carbonyl (C=O) groups is 1. The number of rotatable bonds is 3. The van der Waals surface area contributed by atoms with Crippen LogP contribution in [-0.2, 0) is 6.42 Å². The average Bonchev–Trinajstić information content (AvgIpc) is 2.33. The minimum atomic E-state index is 0.195. The van der Waals surface area contributed by atoms with Crippen LogP contribution in [0, 0.1) is 5.92 Å². The van der Waals surface area contributed by atoms with E-state index >= 15 is 0 Å². The SMILES string of the molecule is CC(=O)c1sccc1CC(C)C. The third kappa shape index (κ3) is 2.18. The van der Waals surface area contributed by atoms with E-state index in [-0.39, 0.29) is 5.78 Å². The van der Waals surface area contributed by atoms with Crippen molar-refractivity contribution in [2.45, 2.75) is 27.2 Å². The van der Waals surface area contributed by atoms with Crippen LogP contribution < -0.4 is 0 Å². The average molecular weight is 182 g/mol. The van der Waals surface area contributed by atoms with Crippen LogP contribution in [0.3, 0.4) is 0 Å². The van der Waals surface area contributed by atoms with Crippen molar-refractivity contribution < 1.29 is 4.79 Å². The fourth-order valence-electron chi connectivity index (χ4n) is 1.25. The zero-order valence-electron chi connectivity index (χ0n) is 7.76. The molecule has 0 N–H and O–H groups in total. The third-order valence-electron chi connectivity index (χ3n) is 1.69. The molecule has 0 aromatic carbocycles. The van der Waals surface area contributed by atoms with Gasteiger partial charge in [0, 0.05) is 0 Å². The van der Waals surface area contributed by atoms with E-state index in [1.807, 2.05) is 5.38 Å². The highest BCUT2D eigenvalue weighted by Gasteiger charge is 2.09. The van der Waals surface area contributed by atoms with Gasteiger partial charge in [-0.25, -0.2) is 0 Å². The van der Waals surface area contributed by atoms with Crippen LogP contribution in [0.4, 0.5) is 0 Å². The largest absolute Gasteiger partial charge is 0.294 e. The molecule has 0 bridgehead atoms. The van der Waals surface area contributed by atoms with Gasteiger partial charge in [0.05, 0.1) is 4.88 Å². The Bertz CT molecular complexity index is 273. The van der Waals surface area contributed by atoms with Gasteiger partial charge < -0.3 is 0 Å². The number of ketones is 1. The summed E-state index contributed by atoms with van der Waals surface area (Å²) < 4.78 is 0. The van der Waals surface area contributed by atoms with Crippen molar-refractivity contribution in [3.8, 4) is 0 Å².